The molecule has 1 aliphatic carbocycles. The zero-order valence-electron chi connectivity index (χ0n) is 7.91. The van der Waals surface area contributed by atoms with E-state index in [0.717, 1.165) is 12.8 Å². The zero-order chi connectivity index (χ0) is 10.3. The van der Waals surface area contributed by atoms with Crippen LogP contribution < -0.4 is 5.73 Å². The molecule has 0 heterocycles. The molecule has 0 saturated heterocycles. The summed E-state index contributed by atoms with van der Waals surface area (Å²) in [5, 5.41) is 10.4. The van der Waals surface area contributed by atoms with Crippen molar-refractivity contribution in [1.82, 2.24) is 0 Å². The maximum atomic E-state index is 9.81. The second-order valence-electron chi connectivity index (χ2n) is 3.65. The predicted molar refractivity (Wildman–Crippen MR) is 67.7 cm³/mol. The number of halogens is 3. The summed E-state index contributed by atoms with van der Waals surface area (Å²) in [4.78, 5) is 0. The van der Waals surface area contributed by atoms with Crippen LogP contribution in [0.1, 0.15) is 24.4 Å². The van der Waals surface area contributed by atoms with Gasteiger partial charge in [0.15, 0.2) is 0 Å². The molecule has 0 amide bonds. The Morgan fingerprint density at radius 1 is 1.47 bits per heavy atom. The molecule has 1 aliphatic rings. The minimum absolute atomic E-state index is 0. The maximum absolute atomic E-state index is 9.81. The smallest absolute Gasteiger partial charge is 0.136 e. The van der Waals surface area contributed by atoms with E-state index in [4.69, 9.17) is 17.3 Å². The van der Waals surface area contributed by atoms with E-state index < -0.39 is 0 Å². The third-order valence-corrected chi connectivity index (χ3v) is 3.55. The van der Waals surface area contributed by atoms with E-state index in [0.29, 0.717) is 21.0 Å². The Hall–Kier alpha value is 0.0400. The molecule has 84 valence electrons. The molecule has 0 radical (unpaired) electrons. The van der Waals surface area contributed by atoms with Crippen LogP contribution >= 0.6 is 39.9 Å². The maximum Gasteiger partial charge on any atom is 0.136 e. The molecule has 1 aromatic rings. The number of rotatable bonds is 2. The fourth-order valence-electron chi connectivity index (χ4n) is 1.56. The summed E-state index contributed by atoms with van der Waals surface area (Å²) in [5.74, 6) is 0.657. The van der Waals surface area contributed by atoms with Crippen LogP contribution in [0.15, 0.2) is 16.6 Å². The quantitative estimate of drug-likeness (QED) is 0.875. The van der Waals surface area contributed by atoms with Gasteiger partial charge in [0.25, 0.3) is 0 Å². The zero-order valence-corrected chi connectivity index (χ0v) is 11.1. The number of nitrogens with two attached hydrogens (primary N) is 1. The molecule has 0 spiro atoms. The van der Waals surface area contributed by atoms with Crippen LogP contribution in [-0.4, -0.2) is 5.11 Å². The van der Waals surface area contributed by atoms with Crippen LogP contribution in [-0.2, 0) is 0 Å². The van der Waals surface area contributed by atoms with Crippen molar-refractivity contribution in [2.45, 2.75) is 18.9 Å². The van der Waals surface area contributed by atoms with Gasteiger partial charge in [-0.15, -0.1) is 12.4 Å². The molecule has 0 bridgehead atoms. The highest BCUT2D eigenvalue weighted by atomic mass is 79.9. The number of hydrogen-bond donors (Lipinski definition) is 2. The van der Waals surface area contributed by atoms with E-state index in [9.17, 15) is 5.11 Å². The monoisotopic (exact) mass is 311 g/mol. The second kappa shape index (κ2) is 4.91. The van der Waals surface area contributed by atoms with E-state index in [1.54, 1.807) is 12.1 Å². The average molecular weight is 313 g/mol. The number of phenols is 1. The average Bonchev–Trinajstić information content (AvgIpc) is 2.95. The van der Waals surface area contributed by atoms with Gasteiger partial charge < -0.3 is 10.8 Å². The molecule has 5 heteroatoms. The lowest BCUT2D eigenvalue weighted by Crippen LogP contribution is -2.13. The fourth-order valence-corrected chi connectivity index (χ4v) is 2.19. The Kier molecular flexibility index (Phi) is 4.29. The first-order valence-corrected chi connectivity index (χ1v) is 5.71. The summed E-state index contributed by atoms with van der Waals surface area (Å²) in [7, 11) is 0. The van der Waals surface area contributed by atoms with E-state index in [1.165, 1.54) is 0 Å². The minimum Gasteiger partial charge on any atom is -0.506 e. The van der Waals surface area contributed by atoms with Crippen molar-refractivity contribution in [2.75, 3.05) is 0 Å². The van der Waals surface area contributed by atoms with Gasteiger partial charge in [-0.1, -0.05) is 11.6 Å². The summed E-state index contributed by atoms with van der Waals surface area (Å²) in [6, 6.07) is 3.34. The van der Waals surface area contributed by atoms with Crippen molar-refractivity contribution in [3.05, 3.63) is 27.2 Å². The highest BCUT2D eigenvalue weighted by Gasteiger charge is 2.32. The van der Waals surface area contributed by atoms with Crippen molar-refractivity contribution in [1.29, 1.82) is 0 Å². The van der Waals surface area contributed by atoms with Gasteiger partial charge in [-0.05, 0) is 46.8 Å². The van der Waals surface area contributed by atoms with E-state index in [1.807, 2.05) is 0 Å². The summed E-state index contributed by atoms with van der Waals surface area (Å²) < 4.78 is 0.646. The molecular weight excluding hydrogens is 301 g/mol. The molecule has 1 atom stereocenters. The Morgan fingerprint density at radius 2 is 2.07 bits per heavy atom. The molecule has 0 aromatic heterocycles. The highest BCUT2D eigenvalue weighted by molar-refractivity contribution is 9.10. The third-order valence-electron chi connectivity index (χ3n) is 2.58. The van der Waals surface area contributed by atoms with Gasteiger partial charge in [0.1, 0.15) is 5.75 Å². The van der Waals surface area contributed by atoms with Gasteiger partial charge in [0.05, 0.1) is 4.47 Å². The van der Waals surface area contributed by atoms with Gasteiger partial charge in [-0.2, -0.15) is 0 Å². The van der Waals surface area contributed by atoms with E-state index in [-0.39, 0.29) is 24.2 Å². The lowest BCUT2D eigenvalue weighted by atomic mass is 10.0. The van der Waals surface area contributed by atoms with Gasteiger partial charge in [0, 0.05) is 16.6 Å². The standard InChI is InChI=1S/C10H11BrClNO.ClH/c11-6-3-4-7(12)8(10(6)14)9(13)5-1-2-5;/h3-5,9,14H,1-2,13H2;1H/t9-;/m1./s1. The Labute approximate surface area is 108 Å². The molecule has 1 saturated carbocycles. The Balaban J connectivity index is 0.00000112. The van der Waals surface area contributed by atoms with Gasteiger partial charge in [0.2, 0.25) is 0 Å². The third kappa shape index (κ3) is 2.59. The molecular formula is C10H12BrCl2NO. The second-order valence-corrected chi connectivity index (χ2v) is 4.92. The Morgan fingerprint density at radius 3 is 2.60 bits per heavy atom. The molecule has 1 fully saturated rings. The van der Waals surface area contributed by atoms with Crippen LogP contribution in [0.5, 0.6) is 5.75 Å². The van der Waals surface area contributed by atoms with Crippen LogP contribution in [0.3, 0.4) is 0 Å². The summed E-state index contributed by atoms with van der Waals surface area (Å²) in [6.07, 6.45) is 2.26. The Bertz CT molecular complexity index is 369. The van der Waals surface area contributed by atoms with Crippen LogP contribution in [0.25, 0.3) is 0 Å². The minimum atomic E-state index is -0.139. The number of hydrogen-bond acceptors (Lipinski definition) is 2. The van der Waals surface area contributed by atoms with Gasteiger partial charge in [-0.3, -0.25) is 0 Å². The highest BCUT2D eigenvalue weighted by Crippen LogP contribution is 2.46. The van der Waals surface area contributed by atoms with Gasteiger partial charge in [-0.25, -0.2) is 0 Å². The first-order chi connectivity index (χ1) is 6.61. The SMILES string of the molecule is Cl.N[C@@H](c1c(Cl)ccc(Br)c1O)C1CC1. The van der Waals surface area contributed by atoms with E-state index in [2.05, 4.69) is 15.9 Å². The van der Waals surface area contributed by atoms with Crippen molar-refractivity contribution in [3.63, 3.8) is 0 Å². The van der Waals surface area contributed by atoms with Crippen LogP contribution in [0.4, 0.5) is 0 Å². The first kappa shape index (κ1) is 13.1. The summed E-state index contributed by atoms with van der Waals surface area (Å²) in [5.41, 5.74) is 6.68. The largest absolute Gasteiger partial charge is 0.506 e. The first-order valence-electron chi connectivity index (χ1n) is 4.53. The van der Waals surface area contributed by atoms with Gasteiger partial charge >= 0.3 is 0 Å². The van der Waals surface area contributed by atoms with Crippen molar-refractivity contribution in [3.8, 4) is 5.75 Å². The van der Waals surface area contributed by atoms with Crippen molar-refractivity contribution in [2.24, 2.45) is 11.7 Å². The molecule has 1 aromatic carbocycles. The lowest BCUT2D eigenvalue weighted by molar-refractivity contribution is 0.453. The topological polar surface area (TPSA) is 46.2 Å². The van der Waals surface area contributed by atoms with Crippen LogP contribution in [0, 0.1) is 5.92 Å². The normalized spacial score (nSPS) is 17.0. The number of phenolic OH excluding ortho intramolecular Hbond substituents is 1. The van der Waals surface area contributed by atoms with E-state index >= 15 is 0 Å². The molecule has 2 rings (SSSR count). The lowest BCUT2D eigenvalue weighted by Gasteiger charge is -2.15. The summed E-state index contributed by atoms with van der Waals surface area (Å²) in [6.45, 7) is 0. The van der Waals surface area contributed by atoms with Crippen molar-refractivity contribution < 1.29 is 5.11 Å². The summed E-state index contributed by atoms with van der Waals surface area (Å²) >= 11 is 9.26. The van der Waals surface area contributed by atoms with Crippen molar-refractivity contribution >= 4 is 39.9 Å². The molecule has 15 heavy (non-hydrogen) atoms. The van der Waals surface area contributed by atoms with Crippen LogP contribution in [0.2, 0.25) is 5.02 Å². The number of aromatic hydroxyl groups is 1. The molecule has 0 unspecified atom stereocenters. The molecule has 0 aliphatic heterocycles. The molecule has 3 N–H and O–H groups in total. The predicted octanol–water partition coefficient (Wildman–Crippen LogP) is 3.64. The molecule has 2 nitrogen and oxygen atoms in total. The number of benzene rings is 1. The fraction of sp³-hybridized carbons (Fsp3) is 0.400.